The first-order chi connectivity index (χ1) is 7.82. The Bertz CT molecular complexity index is 254. The molecule has 5 nitrogen and oxygen atoms in total. The molecule has 2 amide bonds. The standard InChI is InChI=1S/C12H24N2O3/c1-8(2)9(3)7-13-12(17)14-10(4)5-6-11(15)16/h8-10H,5-7H2,1-4H3,(H,15,16)(H2,13,14,17). The molecule has 100 valence electrons. The Labute approximate surface area is 103 Å². The minimum absolute atomic E-state index is 0.0733. The van der Waals surface area contributed by atoms with Gasteiger partial charge < -0.3 is 15.7 Å². The van der Waals surface area contributed by atoms with Crippen molar-refractivity contribution in [1.82, 2.24) is 10.6 Å². The van der Waals surface area contributed by atoms with E-state index in [1.807, 2.05) is 0 Å². The van der Waals surface area contributed by atoms with Gasteiger partial charge in [0.05, 0.1) is 0 Å². The number of carbonyl (C=O) groups excluding carboxylic acids is 1. The van der Waals surface area contributed by atoms with E-state index in [1.165, 1.54) is 0 Å². The van der Waals surface area contributed by atoms with Crippen LogP contribution in [-0.2, 0) is 4.79 Å². The molecule has 5 heteroatoms. The van der Waals surface area contributed by atoms with Gasteiger partial charge >= 0.3 is 12.0 Å². The molecule has 0 bridgehead atoms. The highest BCUT2D eigenvalue weighted by Crippen LogP contribution is 2.07. The van der Waals surface area contributed by atoms with Gasteiger partial charge in [0.1, 0.15) is 0 Å². The molecular weight excluding hydrogens is 220 g/mol. The highest BCUT2D eigenvalue weighted by Gasteiger charge is 2.11. The van der Waals surface area contributed by atoms with Crippen LogP contribution in [0.15, 0.2) is 0 Å². The largest absolute Gasteiger partial charge is 0.481 e. The third kappa shape index (κ3) is 8.54. The van der Waals surface area contributed by atoms with E-state index in [9.17, 15) is 9.59 Å². The third-order valence-electron chi connectivity index (χ3n) is 2.89. The molecule has 0 aromatic rings. The number of urea groups is 1. The fraction of sp³-hybridized carbons (Fsp3) is 0.833. The first kappa shape index (κ1) is 15.7. The number of carboxylic acid groups (broad SMARTS) is 1. The quantitative estimate of drug-likeness (QED) is 0.639. The van der Waals surface area contributed by atoms with Gasteiger partial charge in [-0.2, -0.15) is 0 Å². The predicted octanol–water partition coefficient (Wildman–Crippen LogP) is 1.83. The van der Waals surface area contributed by atoms with Crippen molar-refractivity contribution >= 4 is 12.0 Å². The molecule has 0 aliphatic carbocycles. The van der Waals surface area contributed by atoms with E-state index < -0.39 is 5.97 Å². The summed E-state index contributed by atoms with van der Waals surface area (Å²) in [5.41, 5.74) is 0. The van der Waals surface area contributed by atoms with E-state index in [-0.39, 0.29) is 18.5 Å². The first-order valence-electron chi connectivity index (χ1n) is 6.09. The Hall–Kier alpha value is -1.26. The molecule has 0 aliphatic rings. The predicted molar refractivity (Wildman–Crippen MR) is 66.9 cm³/mol. The second kappa shape index (κ2) is 7.92. The number of hydrogen-bond donors (Lipinski definition) is 3. The average Bonchev–Trinajstić information content (AvgIpc) is 2.22. The number of rotatable bonds is 7. The topological polar surface area (TPSA) is 78.4 Å². The number of nitrogens with one attached hydrogen (secondary N) is 2. The van der Waals surface area contributed by atoms with Crippen LogP contribution in [0.1, 0.15) is 40.5 Å². The van der Waals surface area contributed by atoms with E-state index in [1.54, 1.807) is 6.92 Å². The molecule has 0 saturated heterocycles. The highest BCUT2D eigenvalue weighted by molar-refractivity contribution is 5.74. The zero-order valence-corrected chi connectivity index (χ0v) is 11.1. The van der Waals surface area contributed by atoms with Crippen molar-refractivity contribution in [2.75, 3.05) is 6.54 Å². The Kier molecular flexibility index (Phi) is 7.34. The van der Waals surface area contributed by atoms with Gasteiger partial charge in [-0.1, -0.05) is 20.8 Å². The summed E-state index contributed by atoms with van der Waals surface area (Å²) in [6.45, 7) is 8.74. The van der Waals surface area contributed by atoms with Gasteiger partial charge in [-0.05, 0) is 25.2 Å². The van der Waals surface area contributed by atoms with Crippen molar-refractivity contribution in [3.63, 3.8) is 0 Å². The van der Waals surface area contributed by atoms with Crippen LogP contribution in [-0.4, -0.2) is 29.7 Å². The van der Waals surface area contributed by atoms with Crippen molar-refractivity contribution in [3.8, 4) is 0 Å². The second-order valence-electron chi connectivity index (χ2n) is 4.91. The van der Waals surface area contributed by atoms with E-state index >= 15 is 0 Å². The van der Waals surface area contributed by atoms with Crippen molar-refractivity contribution in [2.24, 2.45) is 11.8 Å². The van der Waals surface area contributed by atoms with Crippen LogP contribution in [0.2, 0.25) is 0 Å². The van der Waals surface area contributed by atoms with Crippen LogP contribution in [0.3, 0.4) is 0 Å². The molecule has 0 rings (SSSR count). The number of carbonyl (C=O) groups is 2. The molecule has 2 unspecified atom stereocenters. The summed E-state index contributed by atoms with van der Waals surface area (Å²) >= 11 is 0. The lowest BCUT2D eigenvalue weighted by molar-refractivity contribution is -0.137. The molecule has 3 N–H and O–H groups in total. The zero-order chi connectivity index (χ0) is 13.4. The van der Waals surface area contributed by atoms with Gasteiger partial charge in [0.15, 0.2) is 0 Å². The summed E-state index contributed by atoms with van der Waals surface area (Å²) in [6, 6.07) is -0.351. The fourth-order valence-electron chi connectivity index (χ4n) is 1.18. The number of carboxylic acids is 1. The molecule has 0 aliphatic heterocycles. The Morgan fingerprint density at radius 2 is 1.76 bits per heavy atom. The molecule has 0 aromatic heterocycles. The Morgan fingerprint density at radius 1 is 1.18 bits per heavy atom. The average molecular weight is 244 g/mol. The SMILES string of the molecule is CC(CCC(=O)O)NC(=O)NCC(C)C(C)C. The van der Waals surface area contributed by atoms with Gasteiger partial charge in [-0.15, -0.1) is 0 Å². The van der Waals surface area contributed by atoms with Crippen molar-refractivity contribution in [1.29, 1.82) is 0 Å². The summed E-state index contributed by atoms with van der Waals surface area (Å²) in [7, 11) is 0. The van der Waals surface area contributed by atoms with Crippen molar-refractivity contribution < 1.29 is 14.7 Å². The maximum atomic E-state index is 11.5. The van der Waals surface area contributed by atoms with E-state index in [2.05, 4.69) is 31.4 Å². The molecular formula is C12H24N2O3. The maximum absolute atomic E-state index is 11.5. The second-order valence-corrected chi connectivity index (χ2v) is 4.91. The monoisotopic (exact) mass is 244 g/mol. The molecule has 0 fully saturated rings. The van der Waals surface area contributed by atoms with Gasteiger partial charge in [0.25, 0.3) is 0 Å². The summed E-state index contributed by atoms with van der Waals surface area (Å²) in [5.74, 6) is 0.113. The smallest absolute Gasteiger partial charge is 0.315 e. The molecule has 2 atom stereocenters. The lowest BCUT2D eigenvalue weighted by Crippen LogP contribution is -2.42. The number of amides is 2. The van der Waals surface area contributed by atoms with Crippen LogP contribution in [0.25, 0.3) is 0 Å². The summed E-state index contributed by atoms with van der Waals surface area (Å²) in [5, 5.41) is 14.0. The number of hydrogen-bond acceptors (Lipinski definition) is 2. The third-order valence-corrected chi connectivity index (χ3v) is 2.89. The summed E-state index contributed by atoms with van der Waals surface area (Å²) < 4.78 is 0. The van der Waals surface area contributed by atoms with Gasteiger partial charge in [0.2, 0.25) is 0 Å². The van der Waals surface area contributed by atoms with Crippen LogP contribution < -0.4 is 10.6 Å². The first-order valence-corrected chi connectivity index (χ1v) is 6.09. The summed E-state index contributed by atoms with van der Waals surface area (Å²) in [6.07, 6.45) is 0.520. The van der Waals surface area contributed by atoms with Gasteiger partial charge in [-0.25, -0.2) is 4.79 Å². The highest BCUT2D eigenvalue weighted by atomic mass is 16.4. The minimum atomic E-state index is -0.840. The minimum Gasteiger partial charge on any atom is -0.481 e. The molecule has 0 spiro atoms. The van der Waals surface area contributed by atoms with Gasteiger partial charge in [0, 0.05) is 19.0 Å². The molecule has 0 aromatic carbocycles. The molecule has 17 heavy (non-hydrogen) atoms. The normalized spacial score (nSPS) is 14.2. The zero-order valence-electron chi connectivity index (χ0n) is 11.1. The van der Waals surface area contributed by atoms with Crippen LogP contribution >= 0.6 is 0 Å². The number of aliphatic carboxylic acids is 1. The maximum Gasteiger partial charge on any atom is 0.315 e. The van der Waals surface area contributed by atoms with Crippen LogP contribution in [0.4, 0.5) is 4.79 Å². The lowest BCUT2D eigenvalue weighted by atomic mass is 9.98. The molecule has 0 heterocycles. The Morgan fingerprint density at radius 3 is 2.24 bits per heavy atom. The van der Waals surface area contributed by atoms with Crippen LogP contribution in [0.5, 0.6) is 0 Å². The fourth-order valence-corrected chi connectivity index (χ4v) is 1.18. The molecule has 0 saturated carbocycles. The van der Waals surface area contributed by atoms with Crippen molar-refractivity contribution in [3.05, 3.63) is 0 Å². The molecule has 0 radical (unpaired) electrons. The van der Waals surface area contributed by atoms with Gasteiger partial charge in [-0.3, -0.25) is 4.79 Å². The lowest BCUT2D eigenvalue weighted by Gasteiger charge is -2.18. The summed E-state index contributed by atoms with van der Waals surface area (Å²) in [4.78, 5) is 21.8. The van der Waals surface area contributed by atoms with Crippen LogP contribution in [0, 0.1) is 11.8 Å². The van der Waals surface area contributed by atoms with E-state index in [0.29, 0.717) is 24.8 Å². The van der Waals surface area contributed by atoms with Crippen molar-refractivity contribution in [2.45, 2.75) is 46.6 Å². The van der Waals surface area contributed by atoms with E-state index in [0.717, 1.165) is 0 Å². The van der Waals surface area contributed by atoms with E-state index in [4.69, 9.17) is 5.11 Å². The Balaban J connectivity index is 3.74.